The van der Waals surface area contributed by atoms with Crippen molar-refractivity contribution in [3.05, 3.63) is 0 Å². The largest absolute Gasteiger partial charge is 0.503 e. The highest BCUT2D eigenvalue weighted by molar-refractivity contribution is 6.31. The van der Waals surface area contributed by atoms with E-state index in [1.807, 2.05) is 20.9 Å². The van der Waals surface area contributed by atoms with Gasteiger partial charge >= 0.3 is 6.16 Å². The molecule has 0 aromatic carbocycles. The minimum Gasteiger partial charge on any atom is -0.450 e. The van der Waals surface area contributed by atoms with Gasteiger partial charge in [0.1, 0.15) is 7.28 Å². The van der Waals surface area contributed by atoms with Crippen molar-refractivity contribution in [3.63, 3.8) is 0 Å². The molecule has 0 rings (SSSR count). The standard InChI is InChI=1S/C2H6B.CH2O3.3FH/c1-3-2;2-1(3)4;;;/h1-2H3;(H2,2,3,4);3*1H. The highest BCUT2D eigenvalue weighted by Gasteiger charge is 1.70. The molecule has 0 spiro atoms. The van der Waals surface area contributed by atoms with Gasteiger partial charge in [-0.05, 0) is 0 Å². The van der Waals surface area contributed by atoms with Crippen LogP contribution in [0.1, 0.15) is 0 Å². The average Bonchev–Trinajstić information content (AvgIpc) is 1.33. The number of hydrogen-bond acceptors (Lipinski definition) is 1. The molecule has 10 heavy (non-hydrogen) atoms. The summed E-state index contributed by atoms with van der Waals surface area (Å²) in [6.45, 7) is 4.00. The maximum Gasteiger partial charge on any atom is 0.503 e. The third-order valence-corrected chi connectivity index (χ3v) is 0. The maximum atomic E-state index is 8.56. The van der Waals surface area contributed by atoms with Crippen LogP contribution < -0.4 is 0 Å². The summed E-state index contributed by atoms with van der Waals surface area (Å²) in [5.41, 5.74) is 0. The van der Waals surface area contributed by atoms with Crippen molar-refractivity contribution in [2.24, 2.45) is 0 Å². The van der Waals surface area contributed by atoms with E-state index in [-0.39, 0.29) is 14.1 Å². The van der Waals surface area contributed by atoms with Crippen molar-refractivity contribution in [1.29, 1.82) is 0 Å². The lowest BCUT2D eigenvalue weighted by molar-refractivity contribution is 0.137. The van der Waals surface area contributed by atoms with Crippen molar-refractivity contribution >= 4 is 13.4 Å². The van der Waals surface area contributed by atoms with Gasteiger partial charge in [-0.25, -0.2) is 4.79 Å². The van der Waals surface area contributed by atoms with E-state index in [1.54, 1.807) is 0 Å². The summed E-state index contributed by atoms with van der Waals surface area (Å²) in [6.07, 6.45) is -1.83. The van der Waals surface area contributed by atoms with Crippen LogP contribution in [-0.2, 0) is 0 Å². The summed E-state index contributed by atoms with van der Waals surface area (Å²) in [7, 11) is 2.00. The molecule has 0 aliphatic heterocycles. The number of carbonyl (C=O) groups is 1. The molecule has 0 fully saturated rings. The van der Waals surface area contributed by atoms with Gasteiger partial charge < -0.3 is 10.2 Å². The van der Waals surface area contributed by atoms with Gasteiger partial charge in [0.25, 0.3) is 0 Å². The van der Waals surface area contributed by atoms with Crippen molar-refractivity contribution in [1.82, 2.24) is 0 Å². The van der Waals surface area contributed by atoms with Crippen LogP contribution in [0.15, 0.2) is 0 Å². The van der Waals surface area contributed by atoms with Gasteiger partial charge in [-0.15, -0.1) is 0 Å². The number of carboxylic acid groups (broad SMARTS) is 2. The molecule has 0 bridgehead atoms. The Morgan fingerprint density at radius 3 is 1.10 bits per heavy atom. The molecule has 0 aromatic heterocycles. The third kappa shape index (κ3) is 349. The molecule has 1 radical (unpaired) electrons. The molecule has 2 N–H and O–H groups in total. The quantitative estimate of drug-likeness (QED) is 0.531. The van der Waals surface area contributed by atoms with Gasteiger partial charge in [0, 0.05) is 0 Å². The molecule has 3 nitrogen and oxygen atoms in total. The second-order valence-corrected chi connectivity index (χ2v) is 0.860. The van der Waals surface area contributed by atoms with Gasteiger partial charge in [0.2, 0.25) is 0 Å². The topological polar surface area (TPSA) is 57.5 Å². The van der Waals surface area contributed by atoms with Gasteiger partial charge in [0.05, 0.1) is 0 Å². The van der Waals surface area contributed by atoms with E-state index in [4.69, 9.17) is 15.0 Å². The highest BCUT2D eigenvalue weighted by atomic mass is 19.0. The molecule has 0 saturated heterocycles. The molecule has 0 amide bonds. The van der Waals surface area contributed by atoms with E-state index in [1.165, 1.54) is 0 Å². The Hall–Kier alpha value is -0.875. The lowest BCUT2D eigenvalue weighted by Gasteiger charge is -1.60. The first-order valence-electron chi connectivity index (χ1n) is 1.81. The van der Waals surface area contributed by atoms with Gasteiger partial charge in [-0.2, -0.15) is 0 Å². The molecule has 0 heterocycles. The lowest BCUT2D eigenvalue weighted by Crippen LogP contribution is -1.81. The smallest absolute Gasteiger partial charge is 0.450 e. The molecule has 0 aromatic rings. The fraction of sp³-hybridized carbons (Fsp3) is 0.667. The predicted molar refractivity (Wildman–Crippen MR) is 35.6 cm³/mol. The predicted octanol–water partition coefficient (Wildman–Crippen LogP) is 1.47. The zero-order valence-electron chi connectivity index (χ0n) is 5.60. The monoisotopic (exact) mass is 163 g/mol. The molecule has 0 unspecified atom stereocenters. The van der Waals surface area contributed by atoms with E-state index in [9.17, 15) is 0 Å². The van der Waals surface area contributed by atoms with E-state index in [0.29, 0.717) is 0 Å². The van der Waals surface area contributed by atoms with E-state index >= 15 is 0 Å². The fourth-order valence-electron chi connectivity index (χ4n) is 0. The van der Waals surface area contributed by atoms with Crippen molar-refractivity contribution in [2.45, 2.75) is 13.6 Å². The first kappa shape index (κ1) is 35.4. The summed E-state index contributed by atoms with van der Waals surface area (Å²) in [4.78, 5) is 8.56. The molecular weight excluding hydrogens is 152 g/mol. The Morgan fingerprint density at radius 1 is 1.10 bits per heavy atom. The van der Waals surface area contributed by atoms with E-state index in [2.05, 4.69) is 0 Å². The summed E-state index contributed by atoms with van der Waals surface area (Å²) in [6, 6.07) is 0. The number of halogens is 3. The van der Waals surface area contributed by atoms with Crippen LogP contribution in [0, 0.1) is 0 Å². The van der Waals surface area contributed by atoms with Gasteiger partial charge in [-0.1, -0.05) is 13.6 Å². The first-order chi connectivity index (χ1) is 3.15. The Labute approximate surface area is 57.4 Å². The molecule has 65 valence electrons. The SMILES string of the molecule is C[B]C.F.F.F.O=C(O)O. The average molecular weight is 163 g/mol. The van der Waals surface area contributed by atoms with Crippen LogP contribution in [0.2, 0.25) is 13.6 Å². The second-order valence-electron chi connectivity index (χ2n) is 0.860. The Kier molecular flexibility index (Phi) is 150. The third-order valence-electron chi connectivity index (χ3n) is 0. The molecule has 0 aliphatic rings. The van der Waals surface area contributed by atoms with Crippen LogP contribution in [0.25, 0.3) is 0 Å². The molecule has 0 saturated carbocycles. The highest BCUT2D eigenvalue weighted by Crippen LogP contribution is 1.42. The van der Waals surface area contributed by atoms with Gasteiger partial charge in [-0.3, -0.25) is 14.1 Å². The molecule has 7 heteroatoms. The van der Waals surface area contributed by atoms with Crippen LogP contribution in [0.5, 0.6) is 0 Å². The Balaban J connectivity index is -0.0000000131. The summed E-state index contributed by atoms with van der Waals surface area (Å²) >= 11 is 0. The summed E-state index contributed by atoms with van der Waals surface area (Å²) in [5.74, 6) is 0. The van der Waals surface area contributed by atoms with Crippen LogP contribution in [0.3, 0.4) is 0 Å². The first-order valence-corrected chi connectivity index (χ1v) is 1.81. The normalized spacial score (nSPS) is 3.80. The fourth-order valence-corrected chi connectivity index (χ4v) is 0. The minimum atomic E-state index is -1.83. The molecule has 0 atom stereocenters. The van der Waals surface area contributed by atoms with Crippen LogP contribution in [0.4, 0.5) is 18.9 Å². The second kappa shape index (κ2) is 42.2. The zero-order chi connectivity index (χ0) is 6.28. The number of hydrogen-bond donors (Lipinski definition) is 2. The van der Waals surface area contributed by atoms with Crippen molar-refractivity contribution < 1.29 is 29.1 Å². The van der Waals surface area contributed by atoms with Crippen molar-refractivity contribution in [2.75, 3.05) is 0 Å². The van der Waals surface area contributed by atoms with Crippen LogP contribution in [-0.4, -0.2) is 23.6 Å². The maximum absolute atomic E-state index is 8.56. The molecule has 0 aliphatic carbocycles. The Morgan fingerprint density at radius 2 is 1.10 bits per heavy atom. The van der Waals surface area contributed by atoms with E-state index in [0.717, 1.165) is 0 Å². The van der Waals surface area contributed by atoms with Crippen LogP contribution >= 0.6 is 0 Å². The molecular formula is C3H11BF3O3. The Bertz CT molecular complexity index is 50.3. The number of rotatable bonds is 0. The van der Waals surface area contributed by atoms with E-state index < -0.39 is 6.16 Å². The lowest BCUT2D eigenvalue weighted by atomic mass is 9.88. The summed E-state index contributed by atoms with van der Waals surface area (Å²) in [5, 5.41) is 13.9. The van der Waals surface area contributed by atoms with Gasteiger partial charge in [0.15, 0.2) is 0 Å². The minimum absolute atomic E-state index is 0. The zero-order valence-corrected chi connectivity index (χ0v) is 5.60. The van der Waals surface area contributed by atoms with Crippen molar-refractivity contribution in [3.8, 4) is 0 Å². The summed E-state index contributed by atoms with van der Waals surface area (Å²) < 4.78 is 0.